The number of carbonyl (C=O) groups excluding carboxylic acids is 1. The Morgan fingerprint density at radius 2 is 1.81 bits per heavy atom. The van der Waals surface area contributed by atoms with Gasteiger partial charge in [-0.2, -0.15) is 0 Å². The standard InChI is InChI=1S/C27H37N5O4S/c1-6-28-26(33)29-20-7-10-22(11-8-20)37(34,35)31(5)21-9-12-24-23(17-21)30-25(27(2,3)4)32(24)18-19-13-15-36-16-14-19/h7-12,17,19H,6,13-16,18H2,1-5H3,(H2,28,29,33). The van der Waals surface area contributed by atoms with E-state index >= 15 is 0 Å². The van der Waals surface area contributed by atoms with Crippen LogP contribution in [0, 0.1) is 5.92 Å². The highest BCUT2D eigenvalue weighted by Crippen LogP contribution is 2.32. The lowest BCUT2D eigenvalue weighted by Crippen LogP contribution is -2.28. The Morgan fingerprint density at radius 3 is 2.43 bits per heavy atom. The van der Waals surface area contributed by atoms with Crippen LogP contribution in [0.5, 0.6) is 0 Å². The van der Waals surface area contributed by atoms with Crippen molar-refractivity contribution in [3.05, 3.63) is 48.3 Å². The summed E-state index contributed by atoms with van der Waals surface area (Å²) in [4.78, 5) is 16.8. The zero-order valence-corrected chi connectivity index (χ0v) is 23.1. The number of anilines is 2. The lowest BCUT2D eigenvalue weighted by atomic mass is 9.94. The largest absolute Gasteiger partial charge is 0.381 e. The first kappa shape index (κ1) is 26.9. The average molecular weight is 528 g/mol. The molecule has 200 valence electrons. The molecule has 4 rings (SSSR count). The molecule has 2 aromatic carbocycles. The molecule has 37 heavy (non-hydrogen) atoms. The highest BCUT2D eigenvalue weighted by Gasteiger charge is 2.27. The summed E-state index contributed by atoms with van der Waals surface area (Å²) < 4.78 is 35.9. The van der Waals surface area contributed by atoms with Crippen molar-refractivity contribution in [3.63, 3.8) is 0 Å². The molecule has 0 unspecified atom stereocenters. The highest BCUT2D eigenvalue weighted by atomic mass is 32.2. The van der Waals surface area contributed by atoms with Gasteiger partial charge in [0.1, 0.15) is 5.82 Å². The lowest BCUT2D eigenvalue weighted by molar-refractivity contribution is 0.0611. The van der Waals surface area contributed by atoms with Gasteiger partial charge in [0.15, 0.2) is 0 Å². The first-order chi connectivity index (χ1) is 17.5. The van der Waals surface area contributed by atoms with Crippen LogP contribution in [0.1, 0.15) is 46.4 Å². The SMILES string of the molecule is CCNC(=O)Nc1ccc(S(=O)(=O)N(C)c2ccc3c(c2)nc(C(C)(C)C)n3CC2CCOCC2)cc1. The van der Waals surface area contributed by atoms with Crippen LogP contribution in [0.15, 0.2) is 47.4 Å². The number of hydrogen-bond acceptors (Lipinski definition) is 5. The van der Waals surface area contributed by atoms with Crippen LogP contribution in [-0.2, 0) is 26.7 Å². The number of sulfonamides is 1. The minimum Gasteiger partial charge on any atom is -0.381 e. The van der Waals surface area contributed by atoms with Crippen molar-refractivity contribution in [1.82, 2.24) is 14.9 Å². The molecule has 1 saturated heterocycles. The number of nitrogens with one attached hydrogen (secondary N) is 2. The summed E-state index contributed by atoms with van der Waals surface area (Å²) in [6.07, 6.45) is 2.06. The molecule has 0 spiro atoms. The summed E-state index contributed by atoms with van der Waals surface area (Å²) in [6, 6.07) is 11.4. The highest BCUT2D eigenvalue weighted by molar-refractivity contribution is 7.92. The van der Waals surface area contributed by atoms with E-state index in [1.165, 1.54) is 16.4 Å². The van der Waals surface area contributed by atoms with Crippen molar-refractivity contribution in [2.75, 3.05) is 36.4 Å². The van der Waals surface area contributed by atoms with E-state index < -0.39 is 10.0 Å². The van der Waals surface area contributed by atoms with E-state index in [0.717, 1.165) is 49.5 Å². The summed E-state index contributed by atoms with van der Waals surface area (Å²) >= 11 is 0. The molecule has 1 fully saturated rings. The van der Waals surface area contributed by atoms with Crippen LogP contribution in [0.3, 0.4) is 0 Å². The van der Waals surface area contributed by atoms with Gasteiger partial charge in [0, 0.05) is 44.5 Å². The summed E-state index contributed by atoms with van der Waals surface area (Å²) in [7, 11) is -2.27. The molecule has 1 aliphatic rings. The summed E-state index contributed by atoms with van der Waals surface area (Å²) in [6.45, 7) is 11.2. The van der Waals surface area contributed by atoms with Gasteiger partial charge in [-0.3, -0.25) is 4.31 Å². The van der Waals surface area contributed by atoms with E-state index in [1.807, 2.05) is 25.1 Å². The van der Waals surface area contributed by atoms with Gasteiger partial charge >= 0.3 is 6.03 Å². The normalized spacial score (nSPS) is 15.1. The van der Waals surface area contributed by atoms with Gasteiger partial charge in [-0.05, 0) is 68.1 Å². The Balaban J connectivity index is 1.62. The molecule has 0 atom stereocenters. The van der Waals surface area contributed by atoms with Crippen LogP contribution in [0.25, 0.3) is 11.0 Å². The minimum absolute atomic E-state index is 0.136. The van der Waals surface area contributed by atoms with E-state index in [2.05, 4.69) is 36.0 Å². The van der Waals surface area contributed by atoms with E-state index in [4.69, 9.17) is 9.72 Å². The van der Waals surface area contributed by atoms with Gasteiger partial charge in [-0.1, -0.05) is 20.8 Å². The molecule has 1 aromatic heterocycles. The van der Waals surface area contributed by atoms with Gasteiger partial charge < -0.3 is 19.9 Å². The molecule has 3 aromatic rings. The maximum absolute atomic E-state index is 13.4. The smallest absolute Gasteiger partial charge is 0.319 e. The number of imidazole rings is 1. The molecule has 9 nitrogen and oxygen atoms in total. The molecular formula is C27H37N5O4S. The third kappa shape index (κ3) is 5.91. The zero-order chi connectivity index (χ0) is 26.8. The third-order valence-electron chi connectivity index (χ3n) is 6.66. The van der Waals surface area contributed by atoms with Gasteiger partial charge in [-0.25, -0.2) is 18.2 Å². The first-order valence-corrected chi connectivity index (χ1v) is 14.2. The van der Waals surface area contributed by atoms with Gasteiger partial charge in [0.25, 0.3) is 10.0 Å². The number of ether oxygens (including phenoxy) is 1. The number of amides is 2. The molecule has 0 aliphatic carbocycles. The second-order valence-electron chi connectivity index (χ2n) is 10.5. The molecule has 0 radical (unpaired) electrons. The van der Waals surface area contributed by atoms with Crippen molar-refractivity contribution < 1.29 is 17.9 Å². The molecule has 0 saturated carbocycles. The number of fused-ring (bicyclic) bond motifs is 1. The fourth-order valence-corrected chi connectivity index (χ4v) is 5.79. The van der Waals surface area contributed by atoms with E-state index in [9.17, 15) is 13.2 Å². The van der Waals surface area contributed by atoms with Crippen LogP contribution in [-0.4, -0.2) is 50.8 Å². The molecule has 2 heterocycles. The van der Waals surface area contributed by atoms with Gasteiger partial charge in [-0.15, -0.1) is 0 Å². The van der Waals surface area contributed by atoms with E-state index in [-0.39, 0.29) is 16.3 Å². The number of urea groups is 1. The summed E-state index contributed by atoms with van der Waals surface area (Å²) in [5.74, 6) is 1.52. The Kier molecular flexibility index (Phi) is 7.80. The minimum atomic E-state index is -3.81. The molecule has 1 aliphatic heterocycles. The second-order valence-corrected chi connectivity index (χ2v) is 12.5. The fraction of sp³-hybridized carbons (Fsp3) is 0.481. The molecule has 2 amide bonds. The average Bonchev–Trinajstić information content (AvgIpc) is 3.23. The van der Waals surface area contributed by atoms with E-state index in [0.29, 0.717) is 23.8 Å². The Hall–Kier alpha value is -3.11. The van der Waals surface area contributed by atoms with Crippen LogP contribution in [0.4, 0.5) is 16.2 Å². The molecule has 2 N–H and O–H groups in total. The van der Waals surface area contributed by atoms with Crippen LogP contribution in [0.2, 0.25) is 0 Å². The Bertz CT molecular complexity index is 1350. The van der Waals surface area contributed by atoms with Gasteiger partial charge in [0.2, 0.25) is 0 Å². The van der Waals surface area contributed by atoms with E-state index in [1.54, 1.807) is 19.2 Å². The number of aromatic nitrogens is 2. The van der Waals surface area contributed by atoms with Crippen molar-refractivity contribution in [2.45, 2.75) is 57.4 Å². The topological polar surface area (TPSA) is 106 Å². The molecule has 0 bridgehead atoms. The van der Waals surface area contributed by atoms with Crippen molar-refractivity contribution in [3.8, 4) is 0 Å². The summed E-state index contributed by atoms with van der Waals surface area (Å²) in [5.41, 5.74) is 2.67. The predicted octanol–water partition coefficient (Wildman–Crippen LogP) is 4.73. The van der Waals surface area contributed by atoms with Gasteiger partial charge in [0.05, 0.1) is 21.6 Å². The quantitative estimate of drug-likeness (QED) is 0.462. The second kappa shape index (κ2) is 10.7. The predicted molar refractivity (Wildman–Crippen MR) is 147 cm³/mol. The number of nitrogens with zero attached hydrogens (tertiary/aromatic N) is 3. The molecule has 10 heteroatoms. The first-order valence-electron chi connectivity index (χ1n) is 12.7. The van der Waals surface area contributed by atoms with Crippen molar-refractivity contribution in [2.24, 2.45) is 5.92 Å². The third-order valence-corrected chi connectivity index (χ3v) is 8.46. The Morgan fingerprint density at radius 1 is 1.14 bits per heavy atom. The van der Waals surface area contributed by atoms with Crippen molar-refractivity contribution in [1.29, 1.82) is 0 Å². The lowest BCUT2D eigenvalue weighted by Gasteiger charge is -2.26. The maximum Gasteiger partial charge on any atom is 0.319 e. The number of carbonyl (C=O) groups is 1. The number of rotatable bonds is 7. The molecular weight excluding hydrogens is 490 g/mol. The number of hydrogen-bond donors (Lipinski definition) is 2. The van der Waals surface area contributed by atoms with Crippen LogP contribution >= 0.6 is 0 Å². The fourth-order valence-electron chi connectivity index (χ4n) is 4.60. The van der Waals surface area contributed by atoms with Crippen LogP contribution < -0.4 is 14.9 Å². The maximum atomic E-state index is 13.4. The van der Waals surface area contributed by atoms with Crippen molar-refractivity contribution >= 4 is 38.5 Å². The Labute approximate surface area is 219 Å². The number of benzene rings is 2. The summed E-state index contributed by atoms with van der Waals surface area (Å²) in [5, 5.41) is 5.32. The monoisotopic (exact) mass is 527 g/mol. The zero-order valence-electron chi connectivity index (χ0n) is 22.2.